The third-order valence-electron chi connectivity index (χ3n) is 2.50. The first kappa shape index (κ1) is 13.7. The van der Waals surface area contributed by atoms with Gasteiger partial charge in [0.2, 0.25) is 0 Å². The molecule has 0 fully saturated rings. The van der Waals surface area contributed by atoms with E-state index in [2.05, 4.69) is 29.8 Å². The zero-order chi connectivity index (χ0) is 12.2. The molecule has 0 spiro atoms. The van der Waals surface area contributed by atoms with E-state index < -0.39 is 0 Å². The third kappa shape index (κ3) is 3.89. The molecule has 0 saturated heterocycles. The molecule has 90 valence electrons. The smallest absolute Gasteiger partial charge is 0.0681 e. The van der Waals surface area contributed by atoms with E-state index in [9.17, 15) is 0 Å². The van der Waals surface area contributed by atoms with Gasteiger partial charge < -0.3 is 9.84 Å². The van der Waals surface area contributed by atoms with Gasteiger partial charge in [-0.3, -0.25) is 0 Å². The molecule has 1 aromatic carbocycles. The van der Waals surface area contributed by atoms with Crippen molar-refractivity contribution in [1.29, 1.82) is 0 Å². The van der Waals surface area contributed by atoms with Gasteiger partial charge in [-0.05, 0) is 29.0 Å². The van der Waals surface area contributed by atoms with E-state index in [1.165, 1.54) is 5.56 Å². The van der Waals surface area contributed by atoms with Gasteiger partial charge in [0.1, 0.15) is 0 Å². The minimum Gasteiger partial charge on any atom is -0.392 e. The quantitative estimate of drug-likeness (QED) is 0.901. The summed E-state index contributed by atoms with van der Waals surface area (Å²) in [6.07, 6.45) is 0.926. The fourth-order valence-electron chi connectivity index (χ4n) is 1.82. The molecule has 0 atom stereocenters. The second kappa shape index (κ2) is 5.80. The van der Waals surface area contributed by atoms with Crippen LogP contribution in [0.4, 0.5) is 0 Å². The first-order valence-electron chi connectivity index (χ1n) is 5.35. The summed E-state index contributed by atoms with van der Waals surface area (Å²) in [4.78, 5) is 0. The van der Waals surface area contributed by atoms with E-state index in [0.717, 1.165) is 23.1 Å². The molecular formula is C13H19BrO2. The summed E-state index contributed by atoms with van der Waals surface area (Å²) < 4.78 is 6.30. The van der Waals surface area contributed by atoms with E-state index in [0.29, 0.717) is 0 Å². The highest BCUT2D eigenvalue weighted by Crippen LogP contribution is 2.27. The largest absolute Gasteiger partial charge is 0.392 e. The highest BCUT2D eigenvalue weighted by Gasteiger charge is 2.19. The minimum absolute atomic E-state index is 0.0883. The average molecular weight is 287 g/mol. The Morgan fingerprint density at radius 2 is 2.06 bits per heavy atom. The van der Waals surface area contributed by atoms with Crippen LogP contribution in [0.2, 0.25) is 0 Å². The number of benzene rings is 1. The predicted molar refractivity (Wildman–Crippen MR) is 69.4 cm³/mol. The van der Waals surface area contributed by atoms with Crippen LogP contribution in [0, 0.1) is 5.41 Å². The topological polar surface area (TPSA) is 29.5 Å². The molecule has 0 radical (unpaired) electrons. The number of aliphatic hydroxyl groups excluding tert-OH is 1. The molecular weight excluding hydrogens is 268 g/mol. The van der Waals surface area contributed by atoms with Gasteiger partial charge in [0, 0.05) is 11.6 Å². The number of halogens is 1. The van der Waals surface area contributed by atoms with Gasteiger partial charge in [-0.2, -0.15) is 0 Å². The van der Waals surface area contributed by atoms with Gasteiger partial charge in [0.05, 0.1) is 13.2 Å². The van der Waals surface area contributed by atoms with Gasteiger partial charge in [-0.1, -0.05) is 41.9 Å². The second-order valence-corrected chi connectivity index (χ2v) is 5.71. The number of methoxy groups -OCH3 is 1. The molecule has 0 saturated carbocycles. The van der Waals surface area contributed by atoms with Crippen molar-refractivity contribution in [2.24, 2.45) is 5.41 Å². The van der Waals surface area contributed by atoms with Crippen molar-refractivity contribution < 1.29 is 9.84 Å². The summed E-state index contributed by atoms with van der Waals surface area (Å²) >= 11 is 3.54. The maximum absolute atomic E-state index is 9.11. The van der Waals surface area contributed by atoms with Crippen molar-refractivity contribution in [3.05, 3.63) is 33.8 Å². The molecule has 0 bridgehead atoms. The molecule has 0 heterocycles. The number of hydrogen-bond acceptors (Lipinski definition) is 2. The normalized spacial score (nSPS) is 11.8. The molecule has 0 aliphatic carbocycles. The van der Waals surface area contributed by atoms with Crippen LogP contribution in [0.5, 0.6) is 0 Å². The van der Waals surface area contributed by atoms with E-state index >= 15 is 0 Å². The van der Waals surface area contributed by atoms with E-state index in [-0.39, 0.29) is 12.0 Å². The Morgan fingerprint density at radius 3 is 2.62 bits per heavy atom. The minimum atomic E-state index is 0.0883. The summed E-state index contributed by atoms with van der Waals surface area (Å²) in [5.74, 6) is 0. The lowest BCUT2D eigenvalue weighted by molar-refractivity contribution is 0.104. The lowest BCUT2D eigenvalue weighted by atomic mass is 9.86. The van der Waals surface area contributed by atoms with Crippen molar-refractivity contribution in [1.82, 2.24) is 0 Å². The Balaban J connectivity index is 2.87. The van der Waals surface area contributed by atoms with Crippen LogP contribution < -0.4 is 0 Å². The summed E-state index contributed by atoms with van der Waals surface area (Å²) in [6.45, 7) is 5.16. The Hall–Kier alpha value is -0.380. The van der Waals surface area contributed by atoms with Gasteiger partial charge >= 0.3 is 0 Å². The van der Waals surface area contributed by atoms with Crippen LogP contribution in [-0.4, -0.2) is 18.8 Å². The summed E-state index contributed by atoms with van der Waals surface area (Å²) in [6, 6.07) is 5.96. The molecule has 0 amide bonds. The van der Waals surface area contributed by atoms with E-state index in [4.69, 9.17) is 9.84 Å². The molecule has 0 aromatic heterocycles. The van der Waals surface area contributed by atoms with Gasteiger partial charge in [0.25, 0.3) is 0 Å². The summed E-state index contributed by atoms with van der Waals surface area (Å²) in [5.41, 5.74) is 2.27. The summed E-state index contributed by atoms with van der Waals surface area (Å²) in [7, 11) is 1.72. The molecule has 1 rings (SSSR count). The first-order valence-corrected chi connectivity index (χ1v) is 6.15. The SMILES string of the molecule is COCC(C)(C)Cc1cc(CO)ccc1Br. The predicted octanol–water partition coefficient (Wildman–Crippen LogP) is 3.16. The number of hydrogen-bond donors (Lipinski definition) is 1. The summed E-state index contributed by atoms with van der Waals surface area (Å²) in [5, 5.41) is 9.11. The van der Waals surface area contributed by atoms with Gasteiger partial charge in [-0.15, -0.1) is 0 Å². The maximum Gasteiger partial charge on any atom is 0.0681 e. The van der Waals surface area contributed by atoms with Gasteiger partial charge in [0.15, 0.2) is 0 Å². The molecule has 0 aliphatic rings. The highest BCUT2D eigenvalue weighted by atomic mass is 79.9. The fraction of sp³-hybridized carbons (Fsp3) is 0.538. The van der Waals surface area contributed by atoms with Crippen LogP contribution in [0.1, 0.15) is 25.0 Å². The van der Waals surface area contributed by atoms with Crippen LogP contribution in [0.3, 0.4) is 0 Å². The van der Waals surface area contributed by atoms with Crippen molar-refractivity contribution in [3.63, 3.8) is 0 Å². The molecule has 1 aromatic rings. The molecule has 0 aliphatic heterocycles. The van der Waals surface area contributed by atoms with Gasteiger partial charge in [-0.25, -0.2) is 0 Å². The highest BCUT2D eigenvalue weighted by molar-refractivity contribution is 9.10. The first-order chi connectivity index (χ1) is 7.48. The fourth-order valence-corrected chi connectivity index (χ4v) is 2.21. The Morgan fingerprint density at radius 1 is 1.38 bits per heavy atom. The van der Waals surface area contributed by atoms with Crippen LogP contribution >= 0.6 is 15.9 Å². The molecule has 16 heavy (non-hydrogen) atoms. The van der Waals surface area contributed by atoms with Crippen molar-refractivity contribution in [2.45, 2.75) is 26.9 Å². The number of ether oxygens (including phenoxy) is 1. The zero-order valence-electron chi connectivity index (χ0n) is 10.1. The number of rotatable bonds is 5. The standard InChI is InChI=1S/C13H19BrO2/c1-13(2,9-16-3)7-11-6-10(8-15)4-5-12(11)14/h4-6,15H,7-9H2,1-3H3. The van der Waals surface area contributed by atoms with Crippen LogP contribution in [0.25, 0.3) is 0 Å². The van der Waals surface area contributed by atoms with Crippen LogP contribution in [-0.2, 0) is 17.8 Å². The Labute approximate surface area is 106 Å². The Bertz CT molecular complexity index is 348. The maximum atomic E-state index is 9.11. The monoisotopic (exact) mass is 286 g/mol. The average Bonchev–Trinajstić information content (AvgIpc) is 2.21. The second-order valence-electron chi connectivity index (χ2n) is 4.86. The molecule has 2 nitrogen and oxygen atoms in total. The van der Waals surface area contributed by atoms with Crippen molar-refractivity contribution >= 4 is 15.9 Å². The third-order valence-corrected chi connectivity index (χ3v) is 3.27. The van der Waals surface area contributed by atoms with Crippen molar-refractivity contribution in [3.8, 4) is 0 Å². The van der Waals surface area contributed by atoms with Crippen molar-refractivity contribution in [2.75, 3.05) is 13.7 Å². The molecule has 1 N–H and O–H groups in total. The molecule has 0 unspecified atom stereocenters. The number of aliphatic hydroxyl groups is 1. The van der Waals surface area contributed by atoms with E-state index in [1.807, 2.05) is 18.2 Å². The molecule has 3 heteroatoms. The van der Waals surface area contributed by atoms with Crippen LogP contribution in [0.15, 0.2) is 22.7 Å². The van der Waals surface area contributed by atoms with E-state index in [1.54, 1.807) is 7.11 Å². The lowest BCUT2D eigenvalue weighted by Crippen LogP contribution is -2.21. The zero-order valence-corrected chi connectivity index (χ0v) is 11.7. The lowest BCUT2D eigenvalue weighted by Gasteiger charge is -2.24. The Kier molecular flexibility index (Phi) is 4.96.